The quantitative estimate of drug-likeness (QED) is 0.813. The highest BCUT2D eigenvalue weighted by Crippen LogP contribution is 2.34. The van der Waals surface area contributed by atoms with Crippen molar-refractivity contribution < 1.29 is 14.3 Å². The Hall–Kier alpha value is -1.44. The maximum absolute atomic E-state index is 12.5. The summed E-state index contributed by atoms with van der Waals surface area (Å²) in [5.41, 5.74) is 0.665. The number of hydrogen-bond acceptors (Lipinski definition) is 6. The molecule has 1 amide bonds. The van der Waals surface area contributed by atoms with Crippen LogP contribution in [0.4, 0.5) is 5.69 Å². The molecule has 1 aromatic rings. The molecule has 1 aliphatic heterocycles. The molecule has 3 rings (SSSR count). The zero-order chi connectivity index (χ0) is 17.0. The third-order valence-electron chi connectivity index (χ3n) is 5.11. The van der Waals surface area contributed by atoms with Crippen molar-refractivity contribution in [1.82, 2.24) is 10.2 Å². The van der Waals surface area contributed by atoms with E-state index < -0.39 is 5.97 Å². The summed E-state index contributed by atoms with van der Waals surface area (Å²) < 4.78 is 4.76. The molecule has 0 unspecified atom stereocenters. The van der Waals surface area contributed by atoms with E-state index in [1.165, 1.54) is 37.7 Å². The zero-order valence-electron chi connectivity index (χ0n) is 14.1. The minimum Gasteiger partial charge on any atom is -0.465 e. The lowest BCUT2D eigenvalue weighted by molar-refractivity contribution is -0.120. The number of carbonyl (C=O) groups excluding carboxylic acids is 2. The van der Waals surface area contributed by atoms with Gasteiger partial charge in [0.05, 0.1) is 19.3 Å². The van der Waals surface area contributed by atoms with Crippen LogP contribution in [0.5, 0.6) is 0 Å². The van der Waals surface area contributed by atoms with Crippen molar-refractivity contribution in [2.24, 2.45) is 0 Å². The summed E-state index contributed by atoms with van der Waals surface area (Å²) in [6.07, 6.45) is 6.06. The van der Waals surface area contributed by atoms with Crippen molar-refractivity contribution in [1.29, 1.82) is 0 Å². The first-order chi connectivity index (χ1) is 11.6. The summed E-state index contributed by atoms with van der Waals surface area (Å²) in [6.45, 7) is 3.14. The van der Waals surface area contributed by atoms with Crippen molar-refractivity contribution in [3.8, 4) is 0 Å². The molecule has 24 heavy (non-hydrogen) atoms. The van der Waals surface area contributed by atoms with Gasteiger partial charge in [-0.3, -0.25) is 9.69 Å². The molecule has 0 atom stereocenters. The van der Waals surface area contributed by atoms with Crippen LogP contribution in [0.15, 0.2) is 11.4 Å². The first-order valence-corrected chi connectivity index (χ1v) is 9.44. The van der Waals surface area contributed by atoms with E-state index in [4.69, 9.17) is 4.74 Å². The number of rotatable bonds is 4. The smallest absolute Gasteiger partial charge is 0.350 e. The van der Waals surface area contributed by atoms with Gasteiger partial charge in [-0.25, -0.2) is 4.79 Å². The summed E-state index contributed by atoms with van der Waals surface area (Å²) >= 11 is 1.28. The van der Waals surface area contributed by atoms with Crippen LogP contribution in [-0.4, -0.2) is 55.6 Å². The topological polar surface area (TPSA) is 70.7 Å². The number of carbonyl (C=O) groups is 2. The zero-order valence-corrected chi connectivity index (χ0v) is 14.9. The number of nitrogens with one attached hydrogen (secondary N) is 2. The fraction of sp³-hybridized carbons (Fsp3) is 0.647. The van der Waals surface area contributed by atoms with E-state index >= 15 is 0 Å². The fourth-order valence-corrected chi connectivity index (χ4v) is 4.62. The van der Waals surface area contributed by atoms with Gasteiger partial charge in [0, 0.05) is 25.2 Å². The third-order valence-corrected chi connectivity index (χ3v) is 6.01. The highest BCUT2D eigenvalue weighted by atomic mass is 32.1. The highest BCUT2D eigenvalue weighted by Gasteiger charge is 2.40. The van der Waals surface area contributed by atoms with Crippen molar-refractivity contribution >= 4 is 28.9 Å². The second-order valence-electron chi connectivity index (χ2n) is 6.59. The Balaban J connectivity index is 1.65. The predicted octanol–water partition coefficient (Wildman–Crippen LogP) is 2.08. The Bertz CT molecular complexity index is 587. The van der Waals surface area contributed by atoms with Gasteiger partial charge in [0.1, 0.15) is 4.88 Å². The second kappa shape index (κ2) is 7.63. The van der Waals surface area contributed by atoms with Crippen LogP contribution in [0.1, 0.15) is 41.8 Å². The van der Waals surface area contributed by atoms with Crippen LogP contribution in [0.25, 0.3) is 0 Å². The summed E-state index contributed by atoms with van der Waals surface area (Å²) in [6, 6.07) is 1.75. The van der Waals surface area contributed by atoms with Gasteiger partial charge in [-0.2, -0.15) is 0 Å². The highest BCUT2D eigenvalue weighted by molar-refractivity contribution is 7.12. The summed E-state index contributed by atoms with van der Waals surface area (Å²) in [4.78, 5) is 27.1. The Morgan fingerprint density at radius 1 is 1.38 bits per heavy atom. The molecule has 2 heterocycles. The van der Waals surface area contributed by atoms with Crippen LogP contribution in [0.2, 0.25) is 0 Å². The average molecular weight is 351 g/mol. The Labute approximate surface area is 146 Å². The molecule has 2 fully saturated rings. The third kappa shape index (κ3) is 3.63. The summed E-state index contributed by atoms with van der Waals surface area (Å²) in [5.74, 6) is -0.475. The number of amides is 1. The first-order valence-electron chi connectivity index (χ1n) is 8.56. The van der Waals surface area contributed by atoms with Crippen molar-refractivity contribution in [3.63, 3.8) is 0 Å². The second-order valence-corrected chi connectivity index (χ2v) is 7.50. The molecular weight excluding hydrogens is 326 g/mol. The number of esters is 1. The molecule has 132 valence electrons. The number of nitrogens with zero attached hydrogens (tertiary/aromatic N) is 1. The first kappa shape index (κ1) is 17.4. The number of hydrogen-bond donors (Lipinski definition) is 2. The number of piperazine rings is 1. The van der Waals surface area contributed by atoms with E-state index in [0.717, 1.165) is 32.5 Å². The maximum Gasteiger partial charge on any atom is 0.350 e. The van der Waals surface area contributed by atoms with Gasteiger partial charge in [-0.15, -0.1) is 11.3 Å². The number of ether oxygens (including phenoxy) is 1. The molecule has 2 aliphatic rings. The lowest BCUT2D eigenvalue weighted by Gasteiger charge is -2.49. The number of methoxy groups -OCH3 is 1. The molecule has 0 radical (unpaired) electrons. The summed E-state index contributed by atoms with van der Waals surface area (Å²) in [7, 11) is 1.35. The molecule has 1 spiro atoms. The largest absolute Gasteiger partial charge is 0.465 e. The molecule has 7 heteroatoms. The van der Waals surface area contributed by atoms with Gasteiger partial charge in [-0.1, -0.05) is 19.3 Å². The minimum atomic E-state index is -0.411. The van der Waals surface area contributed by atoms with Crippen LogP contribution < -0.4 is 10.6 Å². The van der Waals surface area contributed by atoms with Crippen LogP contribution in [0.3, 0.4) is 0 Å². The fourth-order valence-electron chi connectivity index (χ4n) is 3.86. The van der Waals surface area contributed by atoms with Crippen LogP contribution >= 0.6 is 11.3 Å². The van der Waals surface area contributed by atoms with E-state index in [1.54, 1.807) is 11.4 Å². The van der Waals surface area contributed by atoms with Gasteiger partial charge in [0.25, 0.3) is 0 Å². The van der Waals surface area contributed by atoms with E-state index in [9.17, 15) is 9.59 Å². The molecule has 6 nitrogen and oxygen atoms in total. The lowest BCUT2D eigenvalue weighted by atomic mass is 9.79. The number of thiophene rings is 1. The SMILES string of the molecule is COC(=O)c1sccc1NC(=O)CN1CCNCC12CCCCC2. The molecule has 1 aliphatic carbocycles. The standard InChI is InChI=1S/C17H25N3O3S/c1-23-16(22)15-13(5-10-24-15)19-14(21)11-20-9-8-18-12-17(20)6-3-2-4-7-17/h5,10,18H,2-4,6-9,11-12H2,1H3,(H,19,21). The maximum atomic E-state index is 12.5. The van der Waals surface area contributed by atoms with Crippen LogP contribution in [-0.2, 0) is 9.53 Å². The number of anilines is 1. The van der Waals surface area contributed by atoms with E-state index in [2.05, 4.69) is 15.5 Å². The van der Waals surface area contributed by atoms with E-state index in [0.29, 0.717) is 17.1 Å². The van der Waals surface area contributed by atoms with Gasteiger partial charge >= 0.3 is 5.97 Å². The Morgan fingerprint density at radius 3 is 2.92 bits per heavy atom. The normalized spacial score (nSPS) is 20.7. The average Bonchev–Trinajstić information content (AvgIpc) is 3.05. The predicted molar refractivity (Wildman–Crippen MR) is 94.5 cm³/mol. The van der Waals surface area contributed by atoms with Gasteiger partial charge in [-0.05, 0) is 24.3 Å². The Kier molecular flexibility index (Phi) is 5.53. The molecule has 0 aromatic carbocycles. The molecule has 0 bridgehead atoms. The van der Waals surface area contributed by atoms with Gasteiger partial charge < -0.3 is 15.4 Å². The molecule has 2 N–H and O–H groups in total. The molecule has 1 aromatic heterocycles. The Morgan fingerprint density at radius 2 is 2.17 bits per heavy atom. The van der Waals surface area contributed by atoms with Crippen molar-refractivity contribution in [2.75, 3.05) is 38.6 Å². The van der Waals surface area contributed by atoms with Crippen LogP contribution in [0, 0.1) is 0 Å². The minimum absolute atomic E-state index is 0.0644. The molecular formula is C17H25N3O3S. The van der Waals surface area contributed by atoms with Gasteiger partial charge in [0.2, 0.25) is 5.91 Å². The summed E-state index contributed by atoms with van der Waals surface area (Å²) in [5, 5.41) is 8.16. The molecule has 1 saturated carbocycles. The van der Waals surface area contributed by atoms with Crippen molar-refractivity contribution in [2.45, 2.75) is 37.6 Å². The molecule has 1 saturated heterocycles. The lowest BCUT2D eigenvalue weighted by Crippen LogP contribution is -2.63. The monoisotopic (exact) mass is 351 g/mol. The van der Waals surface area contributed by atoms with E-state index in [-0.39, 0.29) is 11.4 Å². The van der Waals surface area contributed by atoms with E-state index in [1.807, 2.05) is 0 Å². The van der Waals surface area contributed by atoms with Gasteiger partial charge in [0.15, 0.2) is 0 Å². The van der Waals surface area contributed by atoms with Crippen molar-refractivity contribution in [3.05, 3.63) is 16.3 Å².